The summed E-state index contributed by atoms with van der Waals surface area (Å²) in [6, 6.07) is 11.0. The molecule has 4 heteroatoms. The number of hydrogen-bond donors (Lipinski definition) is 2. The zero-order valence-electron chi connectivity index (χ0n) is 10.5. The molecule has 2 rings (SSSR count). The van der Waals surface area contributed by atoms with Gasteiger partial charge in [-0.15, -0.1) is 0 Å². The highest BCUT2D eigenvalue weighted by molar-refractivity contribution is 5.94. The molecule has 1 aromatic heterocycles. The molecule has 1 aromatic carbocycles. The van der Waals surface area contributed by atoms with Gasteiger partial charge in [-0.1, -0.05) is 0 Å². The summed E-state index contributed by atoms with van der Waals surface area (Å²) < 4.78 is 5.38. The Labute approximate surface area is 106 Å². The van der Waals surface area contributed by atoms with E-state index in [4.69, 9.17) is 4.42 Å². The summed E-state index contributed by atoms with van der Waals surface area (Å²) in [4.78, 5) is 11.9. The summed E-state index contributed by atoms with van der Waals surface area (Å²) in [6.45, 7) is 2.28. The van der Waals surface area contributed by atoms with Crippen molar-refractivity contribution in [1.29, 1.82) is 0 Å². The van der Waals surface area contributed by atoms with Crippen LogP contribution in [0.5, 0.6) is 0 Å². The number of rotatable bonds is 4. The molecule has 0 aliphatic rings. The lowest BCUT2D eigenvalue weighted by Gasteiger charge is -2.04. The van der Waals surface area contributed by atoms with Crippen molar-refractivity contribution in [2.75, 3.05) is 12.4 Å². The second-order valence-electron chi connectivity index (χ2n) is 4.02. The molecule has 2 N–H and O–H groups in total. The molecule has 0 spiro atoms. The molecule has 2 aromatic rings. The Kier molecular flexibility index (Phi) is 3.67. The minimum absolute atomic E-state index is 0.105. The van der Waals surface area contributed by atoms with E-state index in [9.17, 15) is 4.79 Å². The molecular weight excluding hydrogens is 228 g/mol. The third-order valence-corrected chi connectivity index (χ3v) is 2.65. The zero-order valence-corrected chi connectivity index (χ0v) is 10.5. The van der Waals surface area contributed by atoms with Gasteiger partial charge in [0.15, 0.2) is 0 Å². The Morgan fingerprint density at radius 1 is 1.17 bits per heavy atom. The Balaban J connectivity index is 1.94. The van der Waals surface area contributed by atoms with Gasteiger partial charge in [0.1, 0.15) is 11.5 Å². The van der Waals surface area contributed by atoms with E-state index in [1.807, 2.05) is 38.2 Å². The van der Waals surface area contributed by atoms with Gasteiger partial charge in [-0.25, -0.2) is 0 Å². The third-order valence-electron chi connectivity index (χ3n) is 2.65. The van der Waals surface area contributed by atoms with Crippen molar-refractivity contribution in [3.8, 4) is 0 Å². The second-order valence-corrected chi connectivity index (χ2v) is 4.02. The van der Waals surface area contributed by atoms with Crippen molar-refractivity contribution in [2.45, 2.75) is 13.5 Å². The Bertz CT molecular complexity index is 529. The van der Waals surface area contributed by atoms with E-state index in [1.165, 1.54) is 0 Å². The summed E-state index contributed by atoms with van der Waals surface area (Å²) in [6.07, 6.45) is 0. The highest BCUT2D eigenvalue weighted by atomic mass is 16.3. The van der Waals surface area contributed by atoms with Crippen LogP contribution in [-0.2, 0) is 6.54 Å². The summed E-state index contributed by atoms with van der Waals surface area (Å²) in [7, 11) is 1.84. The summed E-state index contributed by atoms with van der Waals surface area (Å²) in [5.74, 6) is 1.50. The van der Waals surface area contributed by atoms with Crippen molar-refractivity contribution in [3.63, 3.8) is 0 Å². The van der Waals surface area contributed by atoms with Crippen LogP contribution in [0.4, 0.5) is 5.69 Å². The first kappa shape index (κ1) is 12.2. The number of aryl methyl sites for hydroxylation is 1. The first-order valence-corrected chi connectivity index (χ1v) is 5.80. The molecule has 0 aliphatic carbocycles. The maximum absolute atomic E-state index is 11.9. The molecule has 0 unspecified atom stereocenters. The van der Waals surface area contributed by atoms with Gasteiger partial charge in [0.2, 0.25) is 0 Å². The smallest absolute Gasteiger partial charge is 0.251 e. The van der Waals surface area contributed by atoms with Crippen molar-refractivity contribution >= 4 is 11.6 Å². The molecule has 94 valence electrons. The number of amides is 1. The number of benzene rings is 1. The predicted octanol–water partition coefficient (Wildman–Crippen LogP) is 2.56. The van der Waals surface area contributed by atoms with E-state index in [2.05, 4.69) is 10.6 Å². The van der Waals surface area contributed by atoms with Crippen molar-refractivity contribution < 1.29 is 9.21 Å². The van der Waals surface area contributed by atoms with Gasteiger partial charge in [0.25, 0.3) is 5.91 Å². The Hall–Kier alpha value is -2.23. The maximum Gasteiger partial charge on any atom is 0.251 e. The molecule has 0 saturated carbocycles. The lowest BCUT2D eigenvalue weighted by atomic mass is 10.2. The highest BCUT2D eigenvalue weighted by Gasteiger charge is 2.06. The number of anilines is 1. The van der Waals surface area contributed by atoms with Crippen LogP contribution in [0.3, 0.4) is 0 Å². The lowest BCUT2D eigenvalue weighted by Crippen LogP contribution is -2.22. The molecule has 1 heterocycles. The molecule has 0 bridgehead atoms. The molecule has 0 atom stereocenters. The van der Waals surface area contributed by atoms with Gasteiger partial charge in [-0.3, -0.25) is 4.79 Å². The first-order valence-electron chi connectivity index (χ1n) is 5.80. The van der Waals surface area contributed by atoms with Crippen LogP contribution in [-0.4, -0.2) is 13.0 Å². The van der Waals surface area contributed by atoms with Crippen LogP contribution in [0.15, 0.2) is 40.8 Å². The molecule has 4 nitrogen and oxygen atoms in total. The SMILES string of the molecule is CNc1ccc(C(=O)NCc2ccc(C)o2)cc1. The fraction of sp³-hybridized carbons (Fsp3) is 0.214. The van der Waals surface area contributed by atoms with Crippen LogP contribution in [0.1, 0.15) is 21.9 Å². The van der Waals surface area contributed by atoms with Crippen LogP contribution < -0.4 is 10.6 Å². The summed E-state index contributed by atoms with van der Waals surface area (Å²) in [5.41, 5.74) is 1.62. The average molecular weight is 244 g/mol. The van der Waals surface area contributed by atoms with E-state index in [0.717, 1.165) is 17.2 Å². The van der Waals surface area contributed by atoms with Gasteiger partial charge in [0.05, 0.1) is 6.54 Å². The van der Waals surface area contributed by atoms with Crippen LogP contribution in [0.25, 0.3) is 0 Å². The minimum Gasteiger partial charge on any atom is -0.465 e. The first-order chi connectivity index (χ1) is 8.69. The van der Waals surface area contributed by atoms with E-state index in [-0.39, 0.29) is 5.91 Å². The number of carbonyl (C=O) groups is 1. The topological polar surface area (TPSA) is 54.3 Å². The number of nitrogens with one attached hydrogen (secondary N) is 2. The average Bonchev–Trinajstić information content (AvgIpc) is 2.82. The summed E-state index contributed by atoms with van der Waals surface area (Å²) >= 11 is 0. The van der Waals surface area contributed by atoms with Crippen molar-refractivity contribution in [1.82, 2.24) is 5.32 Å². The molecule has 0 radical (unpaired) electrons. The number of furan rings is 1. The van der Waals surface area contributed by atoms with Gasteiger partial charge < -0.3 is 15.1 Å². The third kappa shape index (κ3) is 2.91. The van der Waals surface area contributed by atoms with E-state index >= 15 is 0 Å². The normalized spacial score (nSPS) is 10.1. The Morgan fingerprint density at radius 3 is 2.44 bits per heavy atom. The largest absolute Gasteiger partial charge is 0.465 e. The summed E-state index contributed by atoms with van der Waals surface area (Å²) in [5, 5.41) is 5.82. The minimum atomic E-state index is -0.105. The van der Waals surface area contributed by atoms with E-state index < -0.39 is 0 Å². The number of hydrogen-bond acceptors (Lipinski definition) is 3. The van der Waals surface area contributed by atoms with Crippen LogP contribution >= 0.6 is 0 Å². The molecule has 0 fully saturated rings. The molecule has 0 saturated heterocycles. The molecule has 0 aliphatic heterocycles. The van der Waals surface area contributed by atoms with E-state index in [0.29, 0.717) is 12.1 Å². The van der Waals surface area contributed by atoms with Crippen LogP contribution in [0, 0.1) is 6.92 Å². The van der Waals surface area contributed by atoms with Gasteiger partial charge in [0, 0.05) is 18.3 Å². The zero-order chi connectivity index (χ0) is 13.0. The fourth-order valence-corrected chi connectivity index (χ4v) is 1.64. The number of carbonyl (C=O) groups excluding carboxylic acids is 1. The monoisotopic (exact) mass is 244 g/mol. The standard InChI is InChI=1S/C14H16N2O2/c1-10-3-8-13(18-10)9-16-14(17)11-4-6-12(15-2)7-5-11/h3-8,15H,9H2,1-2H3,(H,16,17). The molecular formula is C14H16N2O2. The maximum atomic E-state index is 11.9. The van der Waals surface area contributed by atoms with E-state index in [1.54, 1.807) is 12.1 Å². The lowest BCUT2D eigenvalue weighted by molar-refractivity contribution is 0.0948. The van der Waals surface area contributed by atoms with Gasteiger partial charge in [-0.05, 0) is 43.3 Å². The highest BCUT2D eigenvalue weighted by Crippen LogP contribution is 2.09. The van der Waals surface area contributed by atoms with Gasteiger partial charge in [-0.2, -0.15) is 0 Å². The van der Waals surface area contributed by atoms with Gasteiger partial charge >= 0.3 is 0 Å². The fourth-order valence-electron chi connectivity index (χ4n) is 1.64. The van der Waals surface area contributed by atoms with Crippen molar-refractivity contribution in [2.24, 2.45) is 0 Å². The van der Waals surface area contributed by atoms with Crippen LogP contribution in [0.2, 0.25) is 0 Å². The molecule has 1 amide bonds. The quantitative estimate of drug-likeness (QED) is 0.869. The predicted molar refractivity (Wildman–Crippen MR) is 70.6 cm³/mol. The van der Waals surface area contributed by atoms with Crippen molar-refractivity contribution in [3.05, 3.63) is 53.5 Å². The molecule has 18 heavy (non-hydrogen) atoms. The Morgan fingerprint density at radius 2 is 1.89 bits per heavy atom. The second kappa shape index (κ2) is 5.40.